The largest absolute Gasteiger partial charge is 0.347 e. The second-order valence-electron chi connectivity index (χ2n) is 5.33. The second-order valence-corrected chi connectivity index (χ2v) is 5.33. The van der Waals surface area contributed by atoms with Crippen molar-refractivity contribution in [1.29, 1.82) is 0 Å². The molecule has 0 aromatic heterocycles. The average molecular weight is 260 g/mol. The molecule has 1 aliphatic rings. The van der Waals surface area contributed by atoms with Crippen LogP contribution in [0, 0.1) is 25.7 Å². The van der Waals surface area contributed by atoms with E-state index in [1.807, 2.05) is 39.0 Å². The van der Waals surface area contributed by atoms with E-state index in [1.165, 1.54) is 0 Å². The molecule has 0 bridgehead atoms. The first-order chi connectivity index (χ1) is 8.99. The Kier molecular flexibility index (Phi) is 3.88. The quantitative estimate of drug-likeness (QED) is 0.870. The van der Waals surface area contributed by atoms with Crippen molar-refractivity contribution in [2.75, 3.05) is 11.9 Å². The van der Waals surface area contributed by atoms with Crippen molar-refractivity contribution >= 4 is 17.5 Å². The number of benzene rings is 1. The van der Waals surface area contributed by atoms with Crippen molar-refractivity contribution in [3.63, 3.8) is 0 Å². The van der Waals surface area contributed by atoms with Crippen LogP contribution in [-0.2, 0) is 9.59 Å². The Bertz CT molecular complexity index is 511. The summed E-state index contributed by atoms with van der Waals surface area (Å²) in [5.41, 5.74) is 2.99. The maximum atomic E-state index is 11.8. The van der Waals surface area contributed by atoms with Crippen molar-refractivity contribution in [3.05, 3.63) is 29.3 Å². The number of rotatable bonds is 4. The number of hydrogen-bond acceptors (Lipinski definition) is 2. The molecule has 102 valence electrons. The maximum Gasteiger partial charge on any atom is 0.243 e. The van der Waals surface area contributed by atoms with Gasteiger partial charge < -0.3 is 10.6 Å². The van der Waals surface area contributed by atoms with Gasteiger partial charge in [0.15, 0.2) is 0 Å². The molecule has 1 aromatic rings. The van der Waals surface area contributed by atoms with Crippen LogP contribution in [0.15, 0.2) is 18.2 Å². The van der Waals surface area contributed by atoms with Gasteiger partial charge in [0, 0.05) is 11.6 Å². The number of nitrogens with one attached hydrogen (secondary N) is 2. The van der Waals surface area contributed by atoms with Crippen LogP contribution in [0.5, 0.6) is 0 Å². The van der Waals surface area contributed by atoms with Gasteiger partial charge in [0.05, 0.1) is 6.54 Å². The smallest absolute Gasteiger partial charge is 0.243 e. The molecule has 0 spiro atoms. The maximum absolute atomic E-state index is 11.8. The Morgan fingerprint density at radius 1 is 1.32 bits per heavy atom. The van der Waals surface area contributed by atoms with E-state index in [4.69, 9.17) is 0 Å². The fourth-order valence-electron chi connectivity index (χ4n) is 2.07. The van der Waals surface area contributed by atoms with Crippen molar-refractivity contribution in [2.24, 2.45) is 11.8 Å². The van der Waals surface area contributed by atoms with Gasteiger partial charge in [0.25, 0.3) is 0 Å². The number of carbonyl (C=O) groups excluding carboxylic acids is 2. The van der Waals surface area contributed by atoms with Crippen LogP contribution in [0.3, 0.4) is 0 Å². The van der Waals surface area contributed by atoms with Crippen LogP contribution >= 0.6 is 0 Å². The molecule has 1 aromatic carbocycles. The summed E-state index contributed by atoms with van der Waals surface area (Å²) in [4.78, 5) is 23.4. The van der Waals surface area contributed by atoms with E-state index in [2.05, 4.69) is 10.6 Å². The molecule has 2 N–H and O–H groups in total. The lowest BCUT2D eigenvalue weighted by atomic mass is 10.1. The van der Waals surface area contributed by atoms with Crippen molar-refractivity contribution in [2.45, 2.75) is 27.2 Å². The molecule has 2 rings (SSSR count). The second kappa shape index (κ2) is 5.43. The Morgan fingerprint density at radius 2 is 2.00 bits per heavy atom. The summed E-state index contributed by atoms with van der Waals surface area (Å²) in [6.07, 6.45) is 0.935. The lowest BCUT2D eigenvalue weighted by Crippen LogP contribution is -2.34. The van der Waals surface area contributed by atoms with Gasteiger partial charge in [-0.1, -0.05) is 19.1 Å². The average Bonchev–Trinajstić information content (AvgIpc) is 3.09. The van der Waals surface area contributed by atoms with E-state index in [-0.39, 0.29) is 24.3 Å². The van der Waals surface area contributed by atoms with Crippen LogP contribution in [0.1, 0.15) is 24.5 Å². The van der Waals surface area contributed by atoms with E-state index in [0.29, 0.717) is 5.92 Å². The van der Waals surface area contributed by atoms with E-state index < -0.39 is 0 Å². The Hall–Kier alpha value is -1.84. The van der Waals surface area contributed by atoms with Gasteiger partial charge in [0.2, 0.25) is 11.8 Å². The zero-order valence-electron chi connectivity index (χ0n) is 11.6. The Balaban J connectivity index is 1.84. The molecule has 2 atom stereocenters. The summed E-state index contributed by atoms with van der Waals surface area (Å²) in [5, 5.41) is 5.50. The summed E-state index contributed by atoms with van der Waals surface area (Å²) in [5.74, 6) is 0.370. The summed E-state index contributed by atoms with van der Waals surface area (Å²) < 4.78 is 0. The lowest BCUT2D eigenvalue weighted by molar-refractivity contribution is -0.125. The Morgan fingerprint density at radius 3 is 2.63 bits per heavy atom. The summed E-state index contributed by atoms with van der Waals surface area (Å²) in [6, 6.07) is 5.77. The fourth-order valence-corrected chi connectivity index (χ4v) is 2.07. The molecule has 0 unspecified atom stereocenters. The zero-order chi connectivity index (χ0) is 14.0. The third kappa shape index (κ3) is 3.34. The SMILES string of the molecule is Cc1cccc(NC(=O)CNC(=O)[C@H]2C[C@H]2C)c1C. The molecule has 1 aliphatic carbocycles. The van der Waals surface area contributed by atoms with Crippen molar-refractivity contribution in [1.82, 2.24) is 5.32 Å². The van der Waals surface area contributed by atoms with Crippen molar-refractivity contribution in [3.8, 4) is 0 Å². The van der Waals surface area contributed by atoms with Crippen molar-refractivity contribution < 1.29 is 9.59 Å². The number of anilines is 1. The minimum atomic E-state index is -0.185. The van der Waals surface area contributed by atoms with E-state index in [1.54, 1.807) is 0 Å². The zero-order valence-corrected chi connectivity index (χ0v) is 11.6. The molecule has 0 heterocycles. The molecular weight excluding hydrogens is 240 g/mol. The van der Waals surface area contributed by atoms with Gasteiger partial charge in [-0.25, -0.2) is 0 Å². The number of hydrogen-bond donors (Lipinski definition) is 2. The normalized spacial score (nSPS) is 20.8. The van der Waals surface area contributed by atoms with Gasteiger partial charge in [-0.2, -0.15) is 0 Å². The number of amides is 2. The molecule has 4 heteroatoms. The van der Waals surface area contributed by atoms with Gasteiger partial charge in [-0.3, -0.25) is 9.59 Å². The van der Waals surface area contributed by atoms with E-state index >= 15 is 0 Å². The minimum absolute atomic E-state index is 0.0105. The third-order valence-electron chi connectivity index (χ3n) is 3.75. The van der Waals surface area contributed by atoms with Crippen LogP contribution in [0.4, 0.5) is 5.69 Å². The number of aryl methyl sites for hydroxylation is 1. The minimum Gasteiger partial charge on any atom is -0.347 e. The highest BCUT2D eigenvalue weighted by Gasteiger charge is 2.38. The number of carbonyl (C=O) groups is 2. The molecule has 1 fully saturated rings. The van der Waals surface area contributed by atoms with Gasteiger partial charge in [-0.05, 0) is 43.4 Å². The first kappa shape index (κ1) is 13.6. The fraction of sp³-hybridized carbons (Fsp3) is 0.467. The summed E-state index contributed by atoms with van der Waals surface area (Å²) in [7, 11) is 0. The molecule has 1 saturated carbocycles. The third-order valence-corrected chi connectivity index (χ3v) is 3.75. The lowest BCUT2D eigenvalue weighted by Gasteiger charge is -2.10. The predicted octanol–water partition coefficient (Wildman–Crippen LogP) is 2.01. The van der Waals surface area contributed by atoms with E-state index in [9.17, 15) is 9.59 Å². The van der Waals surface area contributed by atoms with Crippen LogP contribution < -0.4 is 10.6 Å². The first-order valence-electron chi connectivity index (χ1n) is 6.63. The van der Waals surface area contributed by atoms with Gasteiger partial charge in [0.1, 0.15) is 0 Å². The molecular formula is C15H20N2O2. The van der Waals surface area contributed by atoms with Gasteiger partial charge in [-0.15, -0.1) is 0 Å². The highest BCUT2D eigenvalue weighted by atomic mass is 16.2. The Labute approximate surface area is 113 Å². The molecule has 0 radical (unpaired) electrons. The summed E-state index contributed by atoms with van der Waals surface area (Å²) in [6.45, 7) is 6.05. The van der Waals surface area contributed by atoms with Crippen LogP contribution in [0.25, 0.3) is 0 Å². The first-order valence-corrected chi connectivity index (χ1v) is 6.63. The molecule has 0 aliphatic heterocycles. The highest BCUT2D eigenvalue weighted by Crippen LogP contribution is 2.37. The molecule has 0 saturated heterocycles. The molecule has 2 amide bonds. The van der Waals surface area contributed by atoms with E-state index in [0.717, 1.165) is 23.2 Å². The van der Waals surface area contributed by atoms with Crippen LogP contribution in [-0.4, -0.2) is 18.4 Å². The summed E-state index contributed by atoms with van der Waals surface area (Å²) >= 11 is 0. The highest BCUT2D eigenvalue weighted by molar-refractivity contribution is 5.95. The van der Waals surface area contributed by atoms with Gasteiger partial charge >= 0.3 is 0 Å². The predicted molar refractivity (Wildman–Crippen MR) is 74.8 cm³/mol. The molecule has 4 nitrogen and oxygen atoms in total. The standard InChI is InChI=1S/C15H20N2O2/c1-9-5-4-6-13(11(9)3)17-14(18)8-16-15(19)12-7-10(12)2/h4-6,10,12H,7-8H2,1-3H3,(H,16,19)(H,17,18)/t10-,12+/m1/s1. The van der Waals surface area contributed by atoms with Crippen LogP contribution in [0.2, 0.25) is 0 Å². The monoisotopic (exact) mass is 260 g/mol. The topological polar surface area (TPSA) is 58.2 Å². The molecule has 19 heavy (non-hydrogen) atoms.